The number of hydrogen-bond donors (Lipinski definition) is 1. The number of aliphatic hydroxyl groups is 1. The van der Waals surface area contributed by atoms with Crippen LogP contribution in [0.1, 0.15) is 90.9 Å². The van der Waals surface area contributed by atoms with E-state index in [2.05, 4.69) is 13.8 Å². The number of unbranched alkanes of at least 4 members (excludes halogenated alkanes) is 8. The normalized spacial score (nSPS) is 12.9. The quantitative estimate of drug-likeness (QED) is 0.434. The van der Waals surface area contributed by atoms with Gasteiger partial charge in [0.1, 0.15) is 0 Å². The van der Waals surface area contributed by atoms with E-state index in [0.717, 1.165) is 12.3 Å². The molecule has 0 bridgehead atoms. The summed E-state index contributed by atoms with van der Waals surface area (Å²) < 4.78 is 0. The monoisotopic (exact) mass is 242 g/mol. The first-order chi connectivity index (χ1) is 8.31. The molecule has 0 amide bonds. The van der Waals surface area contributed by atoms with Crippen LogP contribution in [0.25, 0.3) is 0 Å². The van der Waals surface area contributed by atoms with Crippen molar-refractivity contribution in [2.75, 3.05) is 6.61 Å². The van der Waals surface area contributed by atoms with E-state index in [1.54, 1.807) is 0 Å². The van der Waals surface area contributed by atoms with E-state index in [1.165, 1.54) is 70.6 Å². The highest BCUT2D eigenvalue weighted by molar-refractivity contribution is 4.55. The Balaban J connectivity index is 3.09. The molecule has 0 aromatic carbocycles. The molecule has 0 aliphatic carbocycles. The highest BCUT2D eigenvalue weighted by atomic mass is 16.2. The predicted molar refractivity (Wildman–Crippen MR) is 77.3 cm³/mol. The third-order valence-corrected chi connectivity index (χ3v) is 3.66. The first-order valence-electron chi connectivity index (χ1n) is 7.92. The second kappa shape index (κ2) is 14.0. The van der Waals surface area contributed by atoms with Crippen molar-refractivity contribution in [2.45, 2.75) is 90.9 Å². The van der Waals surface area contributed by atoms with Gasteiger partial charge < -0.3 is 5.11 Å². The van der Waals surface area contributed by atoms with Crippen LogP contribution < -0.4 is 0 Å². The molecular formula is C16H34O. The van der Waals surface area contributed by atoms with Gasteiger partial charge in [0.2, 0.25) is 0 Å². The van der Waals surface area contributed by atoms with E-state index < -0.39 is 0 Å². The molecule has 1 nitrogen and oxygen atoms in total. The molecule has 0 aromatic rings. The standard InChI is InChI=1S/C16H34O/c1-3-4-5-6-7-10-13-16(2)14-11-8-9-12-15-17/h16-17H,3-15H2,1-2H3. The van der Waals surface area contributed by atoms with E-state index in [-0.39, 0.29) is 0 Å². The maximum Gasteiger partial charge on any atom is 0.0431 e. The Labute approximate surface area is 109 Å². The average molecular weight is 242 g/mol. The lowest BCUT2D eigenvalue weighted by molar-refractivity contribution is 0.281. The Kier molecular flexibility index (Phi) is 14.0. The summed E-state index contributed by atoms with van der Waals surface area (Å²) >= 11 is 0. The van der Waals surface area contributed by atoms with E-state index in [1.807, 2.05) is 0 Å². The maximum absolute atomic E-state index is 8.68. The Morgan fingerprint density at radius 2 is 1.18 bits per heavy atom. The largest absolute Gasteiger partial charge is 0.396 e. The fourth-order valence-electron chi connectivity index (χ4n) is 2.38. The van der Waals surface area contributed by atoms with Crippen molar-refractivity contribution in [1.82, 2.24) is 0 Å². The van der Waals surface area contributed by atoms with Gasteiger partial charge in [-0.1, -0.05) is 84.5 Å². The molecule has 1 heteroatoms. The smallest absolute Gasteiger partial charge is 0.0431 e. The third-order valence-electron chi connectivity index (χ3n) is 3.66. The lowest BCUT2D eigenvalue weighted by atomic mass is 9.96. The molecule has 0 aliphatic heterocycles. The van der Waals surface area contributed by atoms with Gasteiger partial charge in [-0.2, -0.15) is 0 Å². The summed E-state index contributed by atoms with van der Waals surface area (Å²) in [6, 6.07) is 0. The van der Waals surface area contributed by atoms with Gasteiger partial charge in [0.05, 0.1) is 0 Å². The van der Waals surface area contributed by atoms with Gasteiger partial charge >= 0.3 is 0 Å². The van der Waals surface area contributed by atoms with E-state index in [9.17, 15) is 0 Å². The molecule has 0 rings (SSSR count). The van der Waals surface area contributed by atoms with Crippen LogP contribution in [0.3, 0.4) is 0 Å². The summed E-state index contributed by atoms with van der Waals surface area (Å²) in [6.07, 6.45) is 16.2. The first kappa shape index (κ1) is 17.0. The molecule has 0 radical (unpaired) electrons. The van der Waals surface area contributed by atoms with Gasteiger partial charge in [0.25, 0.3) is 0 Å². The van der Waals surface area contributed by atoms with Gasteiger partial charge in [-0.05, 0) is 12.3 Å². The van der Waals surface area contributed by atoms with Crippen LogP contribution >= 0.6 is 0 Å². The van der Waals surface area contributed by atoms with Gasteiger partial charge in [-0.15, -0.1) is 0 Å². The molecular weight excluding hydrogens is 208 g/mol. The van der Waals surface area contributed by atoms with Crippen LogP contribution in [-0.4, -0.2) is 11.7 Å². The molecule has 0 heterocycles. The second-order valence-corrected chi connectivity index (χ2v) is 5.59. The predicted octanol–water partition coefficient (Wildman–Crippen LogP) is 5.32. The van der Waals surface area contributed by atoms with Crippen LogP contribution in [0.4, 0.5) is 0 Å². The minimum absolute atomic E-state index is 0.368. The maximum atomic E-state index is 8.68. The van der Waals surface area contributed by atoms with Crippen molar-refractivity contribution >= 4 is 0 Å². The highest BCUT2D eigenvalue weighted by Crippen LogP contribution is 2.17. The molecule has 1 N–H and O–H groups in total. The molecule has 0 saturated heterocycles. The lowest BCUT2D eigenvalue weighted by Crippen LogP contribution is -1.95. The summed E-state index contributed by atoms with van der Waals surface area (Å²) in [5, 5.41) is 8.68. The summed E-state index contributed by atoms with van der Waals surface area (Å²) in [4.78, 5) is 0. The number of aliphatic hydroxyl groups excluding tert-OH is 1. The van der Waals surface area contributed by atoms with Crippen molar-refractivity contribution in [3.05, 3.63) is 0 Å². The van der Waals surface area contributed by atoms with Gasteiger partial charge in [0.15, 0.2) is 0 Å². The second-order valence-electron chi connectivity index (χ2n) is 5.59. The minimum Gasteiger partial charge on any atom is -0.396 e. The van der Waals surface area contributed by atoms with Crippen molar-refractivity contribution in [3.8, 4) is 0 Å². The zero-order valence-corrected chi connectivity index (χ0v) is 12.2. The molecule has 0 aliphatic rings. The van der Waals surface area contributed by atoms with E-state index in [0.29, 0.717) is 6.61 Å². The third kappa shape index (κ3) is 13.9. The van der Waals surface area contributed by atoms with Gasteiger partial charge in [0, 0.05) is 6.61 Å². The molecule has 0 aromatic heterocycles. The van der Waals surface area contributed by atoms with Crippen molar-refractivity contribution in [1.29, 1.82) is 0 Å². The van der Waals surface area contributed by atoms with E-state index in [4.69, 9.17) is 5.11 Å². The van der Waals surface area contributed by atoms with Crippen LogP contribution in [0, 0.1) is 5.92 Å². The first-order valence-corrected chi connectivity index (χ1v) is 7.92. The van der Waals surface area contributed by atoms with Gasteiger partial charge in [-0.25, -0.2) is 0 Å². The van der Waals surface area contributed by atoms with Crippen LogP contribution in [-0.2, 0) is 0 Å². The fraction of sp³-hybridized carbons (Fsp3) is 1.00. The van der Waals surface area contributed by atoms with Crippen LogP contribution in [0.2, 0.25) is 0 Å². The molecule has 0 fully saturated rings. The molecule has 1 atom stereocenters. The molecule has 17 heavy (non-hydrogen) atoms. The Morgan fingerprint density at radius 1 is 0.706 bits per heavy atom. The van der Waals surface area contributed by atoms with Crippen molar-refractivity contribution < 1.29 is 5.11 Å². The summed E-state index contributed by atoms with van der Waals surface area (Å²) in [7, 11) is 0. The van der Waals surface area contributed by atoms with E-state index >= 15 is 0 Å². The van der Waals surface area contributed by atoms with Gasteiger partial charge in [-0.3, -0.25) is 0 Å². The molecule has 0 saturated carbocycles. The van der Waals surface area contributed by atoms with Crippen LogP contribution in [0.15, 0.2) is 0 Å². The summed E-state index contributed by atoms with van der Waals surface area (Å²) in [5.41, 5.74) is 0. The van der Waals surface area contributed by atoms with Crippen LogP contribution in [0.5, 0.6) is 0 Å². The minimum atomic E-state index is 0.368. The fourth-order valence-corrected chi connectivity index (χ4v) is 2.38. The number of rotatable bonds is 13. The Bertz CT molecular complexity index is 133. The molecule has 0 spiro atoms. The molecule has 1 unspecified atom stereocenters. The topological polar surface area (TPSA) is 20.2 Å². The molecule has 104 valence electrons. The van der Waals surface area contributed by atoms with Crippen molar-refractivity contribution in [3.63, 3.8) is 0 Å². The van der Waals surface area contributed by atoms with Crippen molar-refractivity contribution in [2.24, 2.45) is 5.92 Å². The lowest BCUT2D eigenvalue weighted by Gasteiger charge is -2.10. The summed E-state index contributed by atoms with van der Waals surface area (Å²) in [6.45, 7) is 5.05. The zero-order chi connectivity index (χ0) is 12.8. The number of hydrogen-bond acceptors (Lipinski definition) is 1. The highest BCUT2D eigenvalue weighted by Gasteiger charge is 2.01. The zero-order valence-electron chi connectivity index (χ0n) is 12.2. The average Bonchev–Trinajstić information content (AvgIpc) is 2.33. The summed E-state index contributed by atoms with van der Waals surface area (Å²) in [5.74, 6) is 0.912. The Morgan fingerprint density at radius 3 is 1.71 bits per heavy atom. The SMILES string of the molecule is CCCCCCCCC(C)CCCCCCO. The Hall–Kier alpha value is -0.0400.